The predicted molar refractivity (Wildman–Crippen MR) is 76.0 cm³/mol. The number of nitrogens with one attached hydrogen (secondary N) is 1. The maximum Gasteiger partial charge on any atom is 0.240 e. The molecule has 0 aliphatic carbocycles. The largest absolute Gasteiger partial charge is 0.338 e. The maximum atomic E-state index is 12.4. The molecule has 1 N–H and O–H groups in total. The van der Waals surface area contributed by atoms with Crippen molar-refractivity contribution >= 4 is 5.91 Å². The molecule has 3 aliphatic heterocycles. The molecule has 3 aliphatic rings. The van der Waals surface area contributed by atoms with Crippen LogP contribution in [0.3, 0.4) is 0 Å². The number of nitrogens with zero attached hydrogens (tertiary/aromatic N) is 2. The van der Waals surface area contributed by atoms with Gasteiger partial charge in [0.2, 0.25) is 5.91 Å². The van der Waals surface area contributed by atoms with Gasteiger partial charge in [-0.05, 0) is 45.7 Å². The van der Waals surface area contributed by atoms with Crippen LogP contribution in [0.25, 0.3) is 0 Å². The monoisotopic (exact) mass is 265 g/mol. The van der Waals surface area contributed by atoms with Gasteiger partial charge in [-0.15, -0.1) is 0 Å². The van der Waals surface area contributed by atoms with Crippen LogP contribution in [0.15, 0.2) is 0 Å². The average Bonchev–Trinajstić information content (AvgIpc) is 2.72. The van der Waals surface area contributed by atoms with Gasteiger partial charge in [-0.1, -0.05) is 13.3 Å². The highest BCUT2D eigenvalue weighted by atomic mass is 16.2. The molecular weight excluding hydrogens is 238 g/mol. The zero-order valence-corrected chi connectivity index (χ0v) is 12.3. The van der Waals surface area contributed by atoms with Gasteiger partial charge in [-0.3, -0.25) is 4.79 Å². The topological polar surface area (TPSA) is 35.6 Å². The number of carbonyl (C=O) groups is 1. The molecule has 3 fully saturated rings. The molecule has 3 atom stereocenters. The van der Waals surface area contributed by atoms with Gasteiger partial charge >= 0.3 is 0 Å². The highest BCUT2D eigenvalue weighted by molar-refractivity contribution is 5.84. The normalized spacial score (nSPS) is 39.9. The van der Waals surface area contributed by atoms with E-state index in [2.05, 4.69) is 29.1 Å². The first kappa shape index (κ1) is 13.4. The summed E-state index contributed by atoms with van der Waals surface area (Å²) in [6.07, 6.45) is 7.40. The van der Waals surface area contributed by atoms with E-state index in [-0.39, 0.29) is 6.04 Å². The molecule has 0 radical (unpaired) electrons. The molecule has 3 saturated heterocycles. The minimum Gasteiger partial charge on any atom is -0.338 e. The van der Waals surface area contributed by atoms with Gasteiger partial charge < -0.3 is 15.1 Å². The van der Waals surface area contributed by atoms with E-state index in [0.29, 0.717) is 24.0 Å². The fourth-order valence-electron chi connectivity index (χ4n) is 4.34. The Morgan fingerprint density at radius 1 is 1.16 bits per heavy atom. The molecule has 4 heteroatoms. The SMILES string of the molecule is CCNC1CCN(C2CC3CCCC(C2)N3C)C1=O. The van der Waals surface area contributed by atoms with Crippen molar-refractivity contribution in [1.82, 2.24) is 15.1 Å². The quantitative estimate of drug-likeness (QED) is 0.833. The molecule has 3 rings (SSSR count). The number of fused-ring (bicyclic) bond motifs is 2. The highest BCUT2D eigenvalue weighted by Gasteiger charge is 2.42. The van der Waals surface area contributed by atoms with Crippen molar-refractivity contribution in [2.24, 2.45) is 0 Å². The minimum absolute atomic E-state index is 0.0875. The summed E-state index contributed by atoms with van der Waals surface area (Å²) in [5.74, 6) is 0.356. The Kier molecular flexibility index (Phi) is 3.81. The van der Waals surface area contributed by atoms with E-state index in [9.17, 15) is 4.79 Å². The van der Waals surface area contributed by atoms with Crippen LogP contribution in [0.5, 0.6) is 0 Å². The predicted octanol–water partition coefficient (Wildman–Crippen LogP) is 1.21. The van der Waals surface area contributed by atoms with Crippen LogP contribution >= 0.6 is 0 Å². The molecule has 3 unspecified atom stereocenters. The summed E-state index contributed by atoms with van der Waals surface area (Å²) >= 11 is 0. The maximum absolute atomic E-state index is 12.4. The number of hydrogen-bond donors (Lipinski definition) is 1. The smallest absolute Gasteiger partial charge is 0.240 e. The number of amides is 1. The number of carbonyl (C=O) groups excluding carboxylic acids is 1. The van der Waals surface area contributed by atoms with Gasteiger partial charge in [0, 0.05) is 24.7 Å². The van der Waals surface area contributed by atoms with E-state index in [1.807, 2.05) is 0 Å². The second kappa shape index (κ2) is 5.41. The van der Waals surface area contributed by atoms with Gasteiger partial charge in [0.25, 0.3) is 0 Å². The number of hydrogen-bond acceptors (Lipinski definition) is 3. The Balaban J connectivity index is 1.66. The summed E-state index contributed by atoms with van der Waals surface area (Å²) in [7, 11) is 2.28. The second-order valence-electron chi connectivity index (χ2n) is 6.46. The van der Waals surface area contributed by atoms with Gasteiger partial charge in [0.1, 0.15) is 0 Å². The molecule has 19 heavy (non-hydrogen) atoms. The standard InChI is InChI=1S/C15H27N3O/c1-3-16-14-7-8-18(15(14)19)13-9-11-5-4-6-12(10-13)17(11)2/h11-14,16H,3-10H2,1-2H3. The summed E-state index contributed by atoms with van der Waals surface area (Å²) in [4.78, 5) is 17.2. The number of likely N-dealkylation sites (N-methyl/N-ethyl adjacent to an activating group) is 1. The van der Waals surface area contributed by atoms with E-state index in [0.717, 1.165) is 19.5 Å². The minimum atomic E-state index is 0.0875. The van der Waals surface area contributed by atoms with Crippen LogP contribution in [0.4, 0.5) is 0 Å². The van der Waals surface area contributed by atoms with E-state index in [1.54, 1.807) is 0 Å². The fraction of sp³-hybridized carbons (Fsp3) is 0.933. The third-order valence-corrected chi connectivity index (χ3v) is 5.45. The molecule has 4 nitrogen and oxygen atoms in total. The average molecular weight is 265 g/mol. The Labute approximate surface area is 116 Å². The Hall–Kier alpha value is -0.610. The lowest BCUT2D eigenvalue weighted by Gasteiger charge is -2.49. The first-order valence-electron chi connectivity index (χ1n) is 7.96. The van der Waals surface area contributed by atoms with E-state index >= 15 is 0 Å². The van der Waals surface area contributed by atoms with Crippen molar-refractivity contribution in [2.75, 3.05) is 20.1 Å². The summed E-state index contributed by atoms with van der Waals surface area (Å²) in [5.41, 5.74) is 0. The molecule has 0 aromatic rings. The van der Waals surface area contributed by atoms with Gasteiger partial charge in [-0.25, -0.2) is 0 Å². The summed E-state index contributed by atoms with van der Waals surface area (Å²) < 4.78 is 0. The van der Waals surface area contributed by atoms with Gasteiger partial charge in [-0.2, -0.15) is 0 Å². The molecule has 0 saturated carbocycles. The van der Waals surface area contributed by atoms with Crippen LogP contribution in [0, 0.1) is 0 Å². The first-order valence-corrected chi connectivity index (χ1v) is 7.96. The van der Waals surface area contributed by atoms with E-state index in [4.69, 9.17) is 0 Å². The van der Waals surface area contributed by atoms with Crippen LogP contribution in [0.1, 0.15) is 45.4 Å². The highest BCUT2D eigenvalue weighted by Crippen LogP contribution is 2.35. The number of piperidine rings is 2. The molecule has 3 heterocycles. The van der Waals surface area contributed by atoms with E-state index < -0.39 is 0 Å². The van der Waals surface area contributed by atoms with Crippen molar-refractivity contribution < 1.29 is 4.79 Å². The Morgan fingerprint density at radius 2 is 1.84 bits per heavy atom. The van der Waals surface area contributed by atoms with Crippen molar-refractivity contribution in [3.05, 3.63) is 0 Å². The molecular formula is C15H27N3O. The van der Waals surface area contributed by atoms with Crippen LogP contribution in [-0.2, 0) is 4.79 Å². The summed E-state index contributed by atoms with van der Waals surface area (Å²) in [5, 5.41) is 3.32. The zero-order chi connectivity index (χ0) is 13.4. The third kappa shape index (κ3) is 2.40. The van der Waals surface area contributed by atoms with Crippen LogP contribution in [-0.4, -0.2) is 60.0 Å². The molecule has 108 valence electrons. The lowest BCUT2D eigenvalue weighted by molar-refractivity contribution is -0.133. The van der Waals surface area contributed by atoms with Crippen LogP contribution < -0.4 is 5.32 Å². The van der Waals surface area contributed by atoms with Gasteiger partial charge in [0.05, 0.1) is 6.04 Å². The van der Waals surface area contributed by atoms with Crippen molar-refractivity contribution in [1.29, 1.82) is 0 Å². The van der Waals surface area contributed by atoms with Crippen molar-refractivity contribution in [3.8, 4) is 0 Å². The molecule has 0 aromatic carbocycles. The number of likely N-dealkylation sites (tertiary alicyclic amines) is 1. The molecule has 0 aromatic heterocycles. The summed E-state index contributed by atoms with van der Waals surface area (Å²) in [6, 6.07) is 2.01. The molecule has 2 bridgehead atoms. The van der Waals surface area contributed by atoms with Crippen molar-refractivity contribution in [3.63, 3.8) is 0 Å². The molecule has 1 amide bonds. The number of rotatable bonds is 3. The second-order valence-corrected chi connectivity index (χ2v) is 6.46. The van der Waals surface area contributed by atoms with E-state index in [1.165, 1.54) is 32.1 Å². The third-order valence-electron chi connectivity index (χ3n) is 5.45. The lowest BCUT2D eigenvalue weighted by atomic mass is 9.82. The molecule has 0 spiro atoms. The van der Waals surface area contributed by atoms with Crippen molar-refractivity contribution in [2.45, 2.75) is 69.6 Å². The Bertz CT molecular complexity index is 332. The summed E-state index contributed by atoms with van der Waals surface area (Å²) in [6.45, 7) is 3.93. The first-order chi connectivity index (χ1) is 9.20. The van der Waals surface area contributed by atoms with Gasteiger partial charge in [0.15, 0.2) is 0 Å². The lowest BCUT2D eigenvalue weighted by Crippen LogP contribution is -2.56. The Morgan fingerprint density at radius 3 is 2.47 bits per heavy atom. The van der Waals surface area contributed by atoms with Crippen LogP contribution in [0.2, 0.25) is 0 Å². The zero-order valence-electron chi connectivity index (χ0n) is 12.3. The fourth-order valence-corrected chi connectivity index (χ4v) is 4.34.